The normalized spacial score (nSPS) is 20.1. The SMILES string of the molecule is CCC1C=CC(CCCCCN2COc3ccc(S(=O)(=O)c4ccc5c(c4)CN(CCCn4ccnc4)CO5)cc3C2)C=C1. The number of hydrogen-bond acceptors (Lipinski definition) is 7. The number of benzene rings is 2. The van der Waals surface area contributed by atoms with E-state index in [0.29, 0.717) is 48.2 Å². The maximum atomic E-state index is 13.8. The van der Waals surface area contributed by atoms with Crippen molar-refractivity contribution in [2.75, 3.05) is 26.6 Å². The van der Waals surface area contributed by atoms with Crippen LogP contribution in [0.5, 0.6) is 11.5 Å². The van der Waals surface area contributed by atoms with Crippen LogP contribution in [0.3, 0.4) is 0 Å². The Morgan fingerprint density at radius 1 is 0.773 bits per heavy atom. The molecule has 234 valence electrons. The van der Waals surface area contributed by atoms with Crippen LogP contribution in [-0.4, -0.2) is 54.3 Å². The van der Waals surface area contributed by atoms with Crippen LogP contribution in [0.15, 0.2) is 89.2 Å². The number of aromatic nitrogens is 2. The van der Waals surface area contributed by atoms with Gasteiger partial charge in [-0.3, -0.25) is 9.80 Å². The van der Waals surface area contributed by atoms with Gasteiger partial charge in [-0.25, -0.2) is 13.4 Å². The van der Waals surface area contributed by atoms with Crippen molar-refractivity contribution in [3.8, 4) is 11.5 Å². The van der Waals surface area contributed by atoms with E-state index < -0.39 is 9.84 Å². The number of nitrogens with zero attached hydrogens (tertiary/aromatic N) is 4. The standard InChI is InChI=1S/C35H44N4O4S/c1-2-28-8-10-29(11-9-28)7-4-3-5-17-38-23-30-21-32(12-14-34(30)42-26-38)44(40,41)33-13-15-35-31(22-33)24-39(27-43-35)19-6-18-37-20-16-36-25-37/h8-16,20-22,25,28-29H,2-7,17-19,23-24,26-27H2,1H3. The summed E-state index contributed by atoms with van der Waals surface area (Å²) in [5.74, 6) is 2.70. The van der Waals surface area contributed by atoms with E-state index in [4.69, 9.17) is 9.47 Å². The van der Waals surface area contributed by atoms with Crippen LogP contribution in [0.2, 0.25) is 0 Å². The quantitative estimate of drug-likeness (QED) is 0.162. The second kappa shape index (κ2) is 14.1. The molecule has 1 aliphatic carbocycles. The number of allylic oxidation sites excluding steroid dienone is 4. The average Bonchev–Trinajstić information content (AvgIpc) is 3.58. The highest BCUT2D eigenvalue weighted by molar-refractivity contribution is 7.91. The van der Waals surface area contributed by atoms with E-state index in [9.17, 15) is 8.42 Å². The summed E-state index contributed by atoms with van der Waals surface area (Å²) >= 11 is 0. The van der Waals surface area contributed by atoms with Crippen LogP contribution in [0.25, 0.3) is 0 Å². The average molecular weight is 617 g/mol. The highest BCUT2D eigenvalue weighted by Gasteiger charge is 2.25. The Balaban J connectivity index is 1.02. The minimum absolute atomic E-state index is 0.293. The van der Waals surface area contributed by atoms with Crippen molar-refractivity contribution in [2.45, 2.75) is 74.9 Å². The molecule has 0 saturated heterocycles. The van der Waals surface area contributed by atoms with Gasteiger partial charge < -0.3 is 14.0 Å². The smallest absolute Gasteiger partial charge is 0.206 e. The van der Waals surface area contributed by atoms with Crippen LogP contribution in [0.4, 0.5) is 0 Å². The number of rotatable bonds is 13. The fourth-order valence-corrected chi connectivity index (χ4v) is 7.61. The van der Waals surface area contributed by atoms with E-state index in [0.717, 1.165) is 55.1 Å². The molecule has 0 atom stereocenters. The van der Waals surface area contributed by atoms with Crippen molar-refractivity contribution >= 4 is 9.84 Å². The van der Waals surface area contributed by atoms with Gasteiger partial charge >= 0.3 is 0 Å². The number of unbranched alkanes of at least 4 members (excludes halogenated alkanes) is 2. The summed E-state index contributed by atoms with van der Waals surface area (Å²) in [6.45, 7) is 7.29. The molecule has 0 amide bonds. The molecule has 3 heterocycles. The lowest BCUT2D eigenvalue weighted by Gasteiger charge is -2.30. The van der Waals surface area contributed by atoms with E-state index in [1.165, 1.54) is 25.7 Å². The van der Waals surface area contributed by atoms with Crippen molar-refractivity contribution in [1.82, 2.24) is 19.4 Å². The maximum Gasteiger partial charge on any atom is 0.206 e. The second-order valence-electron chi connectivity index (χ2n) is 12.2. The molecule has 9 heteroatoms. The molecular weight excluding hydrogens is 572 g/mol. The Labute approximate surface area is 261 Å². The first-order chi connectivity index (χ1) is 21.5. The van der Waals surface area contributed by atoms with Crippen LogP contribution >= 0.6 is 0 Å². The van der Waals surface area contributed by atoms with Crippen LogP contribution in [0, 0.1) is 11.8 Å². The molecule has 8 nitrogen and oxygen atoms in total. The fourth-order valence-electron chi connectivity index (χ4n) is 6.24. The number of fused-ring (bicyclic) bond motifs is 2. The summed E-state index contributed by atoms with van der Waals surface area (Å²) in [7, 11) is -3.70. The first-order valence-corrected chi connectivity index (χ1v) is 17.5. The van der Waals surface area contributed by atoms with Gasteiger partial charge in [0.2, 0.25) is 9.84 Å². The van der Waals surface area contributed by atoms with E-state index in [1.54, 1.807) is 42.6 Å². The molecule has 0 N–H and O–H groups in total. The molecule has 0 radical (unpaired) electrons. The van der Waals surface area contributed by atoms with Crippen molar-refractivity contribution < 1.29 is 17.9 Å². The summed E-state index contributed by atoms with van der Waals surface area (Å²) in [5.41, 5.74) is 1.82. The van der Waals surface area contributed by atoms with E-state index in [2.05, 4.69) is 50.6 Å². The Bertz CT molecular complexity index is 1550. The highest BCUT2D eigenvalue weighted by atomic mass is 32.2. The van der Waals surface area contributed by atoms with Gasteiger partial charge in [0, 0.05) is 56.2 Å². The van der Waals surface area contributed by atoms with E-state index in [-0.39, 0.29) is 0 Å². The third-order valence-corrected chi connectivity index (χ3v) is 10.7. The molecule has 2 aliphatic heterocycles. The Morgan fingerprint density at radius 2 is 1.39 bits per heavy atom. The number of ether oxygens (including phenoxy) is 2. The summed E-state index contributed by atoms with van der Waals surface area (Å²) < 4.78 is 41.5. The number of aryl methyl sites for hydroxylation is 1. The van der Waals surface area contributed by atoms with Gasteiger partial charge in [0.1, 0.15) is 25.0 Å². The lowest BCUT2D eigenvalue weighted by Crippen LogP contribution is -2.33. The van der Waals surface area contributed by atoms with Crippen molar-refractivity contribution in [3.63, 3.8) is 0 Å². The van der Waals surface area contributed by atoms with Crippen LogP contribution in [-0.2, 0) is 29.5 Å². The topological polar surface area (TPSA) is 76.9 Å². The molecule has 0 unspecified atom stereocenters. The first-order valence-electron chi connectivity index (χ1n) is 16.0. The van der Waals surface area contributed by atoms with Crippen LogP contribution in [0.1, 0.15) is 56.6 Å². The van der Waals surface area contributed by atoms with Gasteiger partial charge in [-0.2, -0.15) is 0 Å². The Hall–Kier alpha value is -3.40. The lowest BCUT2D eigenvalue weighted by molar-refractivity contribution is 0.0928. The Kier molecular flexibility index (Phi) is 9.84. The maximum absolute atomic E-state index is 13.8. The molecule has 1 aromatic heterocycles. The second-order valence-corrected chi connectivity index (χ2v) is 14.2. The molecule has 0 saturated carbocycles. The van der Waals surface area contributed by atoms with Gasteiger partial charge in [0.15, 0.2) is 0 Å². The fraction of sp³-hybridized carbons (Fsp3) is 0.457. The van der Waals surface area contributed by atoms with Gasteiger partial charge in [-0.05, 0) is 73.9 Å². The summed E-state index contributed by atoms with van der Waals surface area (Å²) in [4.78, 5) is 9.15. The molecule has 2 aromatic carbocycles. The molecular formula is C35H44N4O4S. The summed E-state index contributed by atoms with van der Waals surface area (Å²) in [6, 6.07) is 10.5. The van der Waals surface area contributed by atoms with Gasteiger partial charge in [-0.15, -0.1) is 0 Å². The largest absolute Gasteiger partial charge is 0.478 e. The summed E-state index contributed by atoms with van der Waals surface area (Å²) in [5, 5.41) is 0. The van der Waals surface area contributed by atoms with Gasteiger partial charge in [0.05, 0.1) is 16.1 Å². The molecule has 3 aliphatic rings. The molecule has 0 fully saturated rings. The predicted octanol–water partition coefficient (Wildman–Crippen LogP) is 6.44. The molecule has 44 heavy (non-hydrogen) atoms. The molecule has 6 rings (SSSR count). The Morgan fingerprint density at radius 3 is 1.98 bits per heavy atom. The minimum atomic E-state index is -3.70. The van der Waals surface area contributed by atoms with Crippen molar-refractivity contribution in [1.29, 1.82) is 0 Å². The zero-order valence-electron chi connectivity index (χ0n) is 25.7. The van der Waals surface area contributed by atoms with Gasteiger partial charge in [-0.1, -0.05) is 44.1 Å². The number of hydrogen-bond donors (Lipinski definition) is 0. The minimum Gasteiger partial charge on any atom is -0.478 e. The van der Waals surface area contributed by atoms with Gasteiger partial charge in [0.25, 0.3) is 0 Å². The summed E-state index contributed by atoms with van der Waals surface area (Å²) in [6.07, 6.45) is 21.8. The number of sulfone groups is 1. The van der Waals surface area contributed by atoms with Crippen LogP contribution < -0.4 is 9.47 Å². The molecule has 0 bridgehead atoms. The van der Waals surface area contributed by atoms with Crippen molar-refractivity contribution in [2.24, 2.45) is 11.8 Å². The number of imidazole rings is 1. The first kappa shape index (κ1) is 30.6. The third-order valence-electron chi connectivity index (χ3n) is 8.92. The third kappa shape index (κ3) is 7.45. The van der Waals surface area contributed by atoms with Crippen molar-refractivity contribution in [3.05, 3.63) is 90.6 Å². The predicted molar refractivity (Wildman–Crippen MR) is 171 cm³/mol. The molecule has 3 aromatic rings. The van der Waals surface area contributed by atoms with E-state index >= 15 is 0 Å². The lowest BCUT2D eigenvalue weighted by atomic mass is 9.91. The zero-order chi connectivity index (χ0) is 30.4. The zero-order valence-corrected chi connectivity index (χ0v) is 26.5. The monoisotopic (exact) mass is 616 g/mol. The van der Waals surface area contributed by atoms with E-state index in [1.807, 2.05) is 12.5 Å². The molecule has 0 spiro atoms. The highest BCUT2D eigenvalue weighted by Crippen LogP contribution is 2.33.